The number of rotatable bonds is 5. The zero-order valence-corrected chi connectivity index (χ0v) is 20.4. The van der Waals surface area contributed by atoms with Crippen LogP contribution in [0.5, 0.6) is 5.88 Å². The number of urea groups is 1. The van der Waals surface area contributed by atoms with E-state index >= 15 is 0 Å². The number of nitrogens with zero attached hydrogens (tertiary/aromatic N) is 5. The van der Waals surface area contributed by atoms with Crippen molar-refractivity contribution in [3.05, 3.63) is 59.4 Å². The van der Waals surface area contributed by atoms with Crippen LogP contribution in [0.2, 0.25) is 0 Å². The first kappa shape index (κ1) is 25.8. The van der Waals surface area contributed by atoms with Gasteiger partial charge in [0.2, 0.25) is 20.9 Å². The Labute approximate surface area is 208 Å². The lowest BCUT2D eigenvalue weighted by Crippen LogP contribution is -2.46. The average molecular weight is 536 g/mol. The summed E-state index contributed by atoms with van der Waals surface area (Å²) in [5.41, 5.74) is -0.554. The number of pyridine rings is 1. The SMILES string of the molecule is COc1ncc(NC(=O)c2cccc(C(F)(F)F)c2)cc1N1Cc2cnc(S(C)(=O)=O)nc2N(C)C1=O. The molecule has 15 heteroatoms. The lowest BCUT2D eigenvalue weighted by Gasteiger charge is -2.34. The molecule has 3 aromatic rings. The number of anilines is 3. The van der Waals surface area contributed by atoms with Gasteiger partial charge in [-0.2, -0.15) is 13.2 Å². The highest BCUT2D eigenvalue weighted by molar-refractivity contribution is 7.90. The van der Waals surface area contributed by atoms with Crippen LogP contribution in [-0.2, 0) is 22.6 Å². The average Bonchev–Trinajstić information content (AvgIpc) is 2.85. The summed E-state index contributed by atoms with van der Waals surface area (Å²) >= 11 is 0. The van der Waals surface area contributed by atoms with E-state index in [0.717, 1.165) is 29.4 Å². The summed E-state index contributed by atoms with van der Waals surface area (Å²) in [6, 6.07) is 4.69. The summed E-state index contributed by atoms with van der Waals surface area (Å²) in [6.07, 6.45) is -1.16. The molecule has 11 nitrogen and oxygen atoms in total. The van der Waals surface area contributed by atoms with Gasteiger partial charge in [0.15, 0.2) is 0 Å². The molecule has 1 aromatic carbocycles. The predicted octanol–water partition coefficient (Wildman–Crippen LogP) is 3.13. The van der Waals surface area contributed by atoms with E-state index < -0.39 is 38.7 Å². The van der Waals surface area contributed by atoms with Crippen LogP contribution < -0.4 is 19.9 Å². The van der Waals surface area contributed by atoms with Gasteiger partial charge in [0.1, 0.15) is 11.5 Å². The molecule has 0 saturated heterocycles. The van der Waals surface area contributed by atoms with E-state index in [2.05, 4.69) is 20.3 Å². The maximum Gasteiger partial charge on any atom is 0.416 e. The Bertz CT molecular complexity index is 1510. The minimum Gasteiger partial charge on any atom is -0.480 e. The number of sulfone groups is 1. The molecule has 1 N–H and O–H groups in total. The number of benzene rings is 1. The number of amides is 3. The summed E-state index contributed by atoms with van der Waals surface area (Å²) in [6.45, 7) is -0.0778. The third-order valence-corrected chi connectivity index (χ3v) is 6.20. The monoisotopic (exact) mass is 536 g/mol. The third-order valence-electron chi connectivity index (χ3n) is 5.34. The highest BCUT2D eigenvalue weighted by Gasteiger charge is 2.34. The zero-order chi connectivity index (χ0) is 27.1. The van der Waals surface area contributed by atoms with Gasteiger partial charge >= 0.3 is 12.2 Å². The fourth-order valence-electron chi connectivity index (χ4n) is 3.56. The second-order valence-corrected chi connectivity index (χ2v) is 9.90. The topological polar surface area (TPSA) is 135 Å². The molecule has 3 heterocycles. The predicted molar refractivity (Wildman–Crippen MR) is 125 cm³/mol. The van der Waals surface area contributed by atoms with Gasteiger partial charge in [-0.25, -0.2) is 28.2 Å². The molecular formula is C22H19F3N6O5S. The number of fused-ring (bicyclic) bond motifs is 1. The lowest BCUT2D eigenvalue weighted by atomic mass is 10.1. The minimum absolute atomic E-state index is 0.0240. The molecule has 2 aromatic heterocycles. The maximum absolute atomic E-state index is 13.2. The van der Waals surface area contributed by atoms with E-state index in [9.17, 15) is 31.2 Å². The van der Waals surface area contributed by atoms with Crippen molar-refractivity contribution in [2.24, 2.45) is 0 Å². The number of methoxy groups -OCH3 is 1. The molecule has 1 aliphatic rings. The molecule has 0 aliphatic carbocycles. The van der Waals surface area contributed by atoms with Gasteiger partial charge in [-0.05, 0) is 24.3 Å². The Balaban J connectivity index is 1.66. The van der Waals surface area contributed by atoms with Crippen molar-refractivity contribution in [3.63, 3.8) is 0 Å². The van der Waals surface area contributed by atoms with E-state index in [1.807, 2.05) is 0 Å². The molecule has 4 rings (SSSR count). The lowest BCUT2D eigenvalue weighted by molar-refractivity contribution is -0.137. The van der Waals surface area contributed by atoms with Gasteiger partial charge in [0, 0.05) is 30.6 Å². The summed E-state index contributed by atoms with van der Waals surface area (Å²) in [5, 5.41) is 2.04. The molecule has 0 radical (unpaired) electrons. The maximum atomic E-state index is 13.2. The normalized spacial score (nSPS) is 13.8. The smallest absolute Gasteiger partial charge is 0.416 e. The number of carbonyl (C=O) groups excluding carboxylic acids is 2. The molecule has 0 atom stereocenters. The van der Waals surface area contributed by atoms with Gasteiger partial charge in [0.25, 0.3) is 5.91 Å². The fraction of sp³-hybridized carbons (Fsp3) is 0.227. The molecule has 0 spiro atoms. The minimum atomic E-state index is -4.62. The number of carbonyl (C=O) groups is 2. The zero-order valence-electron chi connectivity index (χ0n) is 19.6. The first-order valence-corrected chi connectivity index (χ1v) is 12.3. The number of hydrogen-bond donors (Lipinski definition) is 1. The van der Waals surface area contributed by atoms with Crippen molar-refractivity contribution in [1.29, 1.82) is 0 Å². The number of aromatic nitrogens is 3. The number of hydrogen-bond acceptors (Lipinski definition) is 8. The second kappa shape index (κ2) is 9.31. The van der Waals surface area contributed by atoms with Crippen LogP contribution in [0.15, 0.2) is 47.9 Å². The van der Waals surface area contributed by atoms with E-state index in [-0.39, 0.29) is 35.2 Å². The van der Waals surface area contributed by atoms with Crippen LogP contribution in [0.4, 0.5) is 35.2 Å². The summed E-state index contributed by atoms with van der Waals surface area (Å²) < 4.78 is 68.0. The molecule has 0 bridgehead atoms. The third kappa shape index (κ3) is 5.16. The van der Waals surface area contributed by atoms with Gasteiger partial charge in [-0.3, -0.25) is 14.6 Å². The van der Waals surface area contributed by atoms with Gasteiger partial charge in [0.05, 0.1) is 31.1 Å². The van der Waals surface area contributed by atoms with Crippen molar-refractivity contribution in [2.75, 3.05) is 35.5 Å². The molecule has 1 aliphatic heterocycles. The van der Waals surface area contributed by atoms with Crippen molar-refractivity contribution < 1.29 is 35.9 Å². The molecule has 0 fully saturated rings. The Kier molecular flexibility index (Phi) is 6.50. The van der Waals surface area contributed by atoms with E-state index in [4.69, 9.17) is 4.74 Å². The van der Waals surface area contributed by atoms with Crippen LogP contribution >= 0.6 is 0 Å². The van der Waals surface area contributed by atoms with Crippen LogP contribution in [0.3, 0.4) is 0 Å². The largest absolute Gasteiger partial charge is 0.480 e. The molecule has 3 amide bonds. The van der Waals surface area contributed by atoms with Crippen LogP contribution in [0.25, 0.3) is 0 Å². The number of ether oxygens (including phenoxy) is 1. The van der Waals surface area contributed by atoms with E-state index in [1.54, 1.807) is 0 Å². The highest BCUT2D eigenvalue weighted by atomic mass is 32.2. The Hall–Kier alpha value is -4.27. The van der Waals surface area contributed by atoms with Crippen molar-refractivity contribution in [3.8, 4) is 5.88 Å². The number of alkyl halides is 3. The van der Waals surface area contributed by atoms with Crippen molar-refractivity contribution in [2.45, 2.75) is 17.9 Å². The van der Waals surface area contributed by atoms with Gasteiger partial charge in [-0.1, -0.05) is 6.07 Å². The fourth-order valence-corrected chi connectivity index (χ4v) is 4.06. The van der Waals surface area contributed by atoms with E-state index in [1.165, 1.54) is 43.6 Å². The molecule has 0 unspecified atom stereocenters. The van der Waals surface area contributed by atoms with Crippen molar-refractivity contribution >= 4 is 39.0 Å². The highest BCUT2D eigenvalue weighted by Crippen LogP contribution is 2.36. The molecule has 37 heavy (non-hydrogen) atoms. The standard InChI is InChI=1S/C22H19F3N6O5S/c1-30-17-13(9-27-20(29-17)37(3,34)35)11-31(21(30)33)16-8-15(10-26-19(16)36-2)28-18(32)12-5-4-6-14(7-12)22(23,24)25/h4-10H,11H2,1-3H3,(H,28,32). The number of nitrogens with one attached hydrogen (secondary N) is 1. The quantitative estimate of drug-likeness (QED) is 0.492. The Morgan fingerprint density at radius 1 is 1.16 bits per heavy atom. The number of halogens is 3. The molecule has 0 saturated carbocycles. The summed E-state index contributed by atoms with van der Waals surface area (Å²) in [7, 11) is -0.997. The Morgan fingerprint density at radius 3 is 2.54 bits per heavy atom. The van der Waals surface area contributed by atoms with Crippen molar-refractivity contribution in [1.82, 2.24) is 15.0 Å². The van der Waals surface area contributed by atoms with Crippen LogP contribution in [-0.4, -0.2) is 55.7 Å². The van der Waals surface area contributed by atoms with Crippen LogP contribution in [0, 0.1) is 0 Å². The first-order chi connectivity index (χ1) is 17.3. The molecular weight excluding hydrogens is 517 g/mol. The van der Waals surface area contributed by atoms with E-state index in [0.29, 0.717) is 5.56 Å². The second-order valence-electron chi connectivity index (χ2n) is 7.99. The van der Waals surface area contributed by atoms with Gasteiger partial charge in [-0.15, -0.1) is 0 Å². The summed E-state index contributed by atoms with van der Waals surface area (Å²) in [5.74, 6) is -0.688. The van der Waals surface area contributed by atoms with Gasteiger partial charge < -0.3 is 10.1 Å². The van der Waals surface area contributed by atoms with Crippen LogP contribution in [0.1, 0.15) is 21.5 Å². The first-order valence-electron chi connectivity index (χ1n) is 10.4. The Morgan fingerprint density at radius 2 is 1.89 bits per heavy atom. The summed E-state index contributed by atoms with van der Waals surface area (Å²) in [4.78, 5) is 40.1. The molecule has 194 valence electrons.